The number of nitrogens with one attached hydrogen (secondary N) is 3. The van der Waals surface area contributed by atoms with Crippen molar-refractivity contribution in [2.24, 2.45) is 5.73 Å². The second-order valence-electron chi connectivity index (χ2n) is 3.92. The monoisotopic (exact) mass is 276 g/mol. The fourth-order valence-electron chi connectivity index (χ4n) is 1.01. The molecule has 0 radical (unpaired) electrons. The molecule has 0 aromatic carbocycles. The van der Waals surface area contributed by atoms with Crippen molar-refractivity contribution in [1.82, 2.24) is 16.0 Å². The van der Waals surface area contributed by atoms with E-state index in [0.717, 1.165) is 0 Å². The quantitative estimate of drug-likeness (QED) is 0.588. The molecular formula is C14H36N4O. The number of likely N-dealkylation sites (N-methyl/N-ethyl adjacent to an activating group) is 1. The van der Waals surface area contributed by atoms with Gasteiger partial charge in [0.15, 0.2) is 0 Å². The van der Waals surface area contributed by atoms with E-state index in [4.69, 9.17) is 5.73 Å². The second-order valence-corrected chi connectivity index (χ2v) is 3.92. The third-order valence-corrected chi connectivity index (χ3v) is 2.06. The fourth-order valence-corrected chi connectivity index (χ4v) is 1.01. The highest BCUT2D eigenvalue weighted by molar-refractivity contribution is 5.81. The number of rotatable bonds is 3. The van der Waals surface area contributed by atoms with Crippen LogP contribution in [0, 0.1) is 0 Å². The number of hydrogen-bond acceptors (Lipinski definition) is 4. The molecule has 1 heterocycles. The third kappa shape index (κ3) is 22.9. The Morgan fingerprint density at radius 3 is 1.89 bits per heavy atom. The van der Waals surface area contributed by atoms with Gasteiger partial charge < -0.3 is 21.7 Å². The minimum Gasteiger partial charge on any atom is -0.342 e. The second kappa shape index (κ2) is 22.5. The molecule has 1 aliphatic rings. The van der Waals surface area contributed by atoms with Gasteiger partial charge in [-0.15, -0.1) is 0 Å². The molecule has 1 saturated heterocycles. The van der Waals surface area contributed by atoms with Gasteiger partial charge >= 0.3 is 0 Å². The van der Waals surface area contributed by atoms with E-state index in [9.17, 15) is 4.79 Å². The van der Waals surface area contributed by atoms with Crippen molar-refractivity contribution in [3.63, 3.8) is 0 Å². The average molecular weight is 276 g/mol. The lowest BCUT2D eigenvalue weighted by molar-refractivity contribution is -0.122. The molecule has 1 aliphatic heterocycles. The minimum atomic E-state index is -0.159. The van der Waals surface area contributed by atoms with Crippen LogP contribution in [0.25, 0.3) is 0 Å². The Hall–Kier alpha value is -0.650. The topological polar surface area (TPSA) is 79.2 Å². The lowest BCUT2D eigenvalue weighted by atomic mass is 10.3. The normalized spacial score (nSPS) is 13.6. The van der Waals surface area contributed by atoms with Crippen LogP contribution in [0.4, 0.5) is 0 Å². The molecule has 0 spiro atoms. The molecule has 5 nitrogen and oxygen atoms in total. The molecule has 0 aliphatic carbocycles. The van der Waals surface area contributed by atoms with Crippen LogP contribution in [0.3, 0.4) is 0 Å². The lowest BCUT2D eigenvalue weighted by Gasteiger charge is -2.08. The number of hydrogen-bond donors (Lipinski definition) is 4. The van der Waals surface area contributed by atoms with Crippen molar-refractivity contribution >= 4 is 5.91 Å². The van der Waals surface area contributed by atoms with Crippen molar-refractivity contribution in [3.8, 4) is 0 Å². The molecule has 1 rings (SSSR count). The summed E-state index contributed by atoms with van der Waals surface area (Å²) in [7, 11) is 1.72. The van der Waals surface area contributed by atoms with Crippen LogP contribution in [0.1, 0.15) is 53.9 Å². The van der Waals surface area contributed by atoms with Crippen LogP contribution in [0.2, 0.25) is 0 Å². The number of carbonyl (C=O) groups is 1. The fraction of sp³-hybridized carbons (Fsp3) is 0.929. The molecule has 118 valence electrons. The van der Waals surface area contributed by atoms with E-state index in [1.165, 1.54) is 32.4 Å². The zero-order chi connectivity index (χ0) is 15.5. The van der Waals surface area contributed by atoms with Crippen LogP contribution >= 0.6 is 0 Å². The number of amides is 1. The summed E-state index contributed by atoms with van der Waals surface area (Å²) < 4.78 is 0. The van der Waals surface area contributed by atoms with Gasteiger partial charge in [0, 0.05) is 0 Å². The van der Waals surface area contributed by atoms with Crippen molar-refractivity contribution in [1.29, 1.82) is 0 Å². The summed E-state index contributed by atoms with van der Waals surface area (Å²) in [5, 5.41) is 8.48. The predicted octanol–water partition coefficient (Wildman–Crippen LogP) is 1.44. The maximum Gasteiger partial charge on any atom is 0.237 e. The molecular weight excluding hydrogens is 240 g/mol. The van der Waals surface area contributed by atoms with Crippen molar-refractivity contribution < 1.29 is 4.79 Å². The summed E-state index contributed by atoms with van der Waals surface area (Å²) >= 11 is 0. The number of nitrogens with two attached hydrogens (primary N) is 1. The van der Waals surface area contributed by atoms with Gasteiger partial charge in [0.1, 0.15) is 0 Å². The SMILES string of the molecule is C1CCNC1.CC.CCC.CN[C@@H](C)C(=O)NCN. The summed E-state index contributed by atoms with van der Waals surface area (Å²) in [6.07, 6.45) is 4.03. The summed E-state index contributed by atoms with van der Waals surface area (Å²) in [4.78, 5) is 10.7. The molecule has 1 atom stereocenters. The third-order valence-electron chi connectivity index (χ3n) is 2.06. The van der Waals surface area contributed by atoms with Crippen LogP contribution in [-0.2, 0) is 4.79 Å². The Kier molecular flexibility index (Phi) is 27.8. The molecule has 0 bridgehead atoms. The molecule has 0 aromatic heterocycles. The van der Waals surface area contributed by atoms with Crippen molar-refractivity contribution in [2.75, 3.05) is 26.8 Å². The Bertz CT molecular complexity index is 154. The maximum atomic E-state index is 10.7. The highest BCUT2D eigenvalue weighted by Gasteiger charge is 2.06. The van der Waals surface area contributed by atoms with E-state index in [-0.39, 0.29) is 18.6 Å². The van der Waals surface area contributed by atoms with E-state index in [1.54, 1.807) is 14.0 Å². The van der Waals surface area contributed by atoms with Crippen LogP contribution in [-0.4, -0.2) is 38.8 Å². The summed E-state index contributed by atoms with van der Waals surface area (Å²) in [5.41, 5.74) is 5.06. The molecule has 0 saturated carbocycles. The zero-order valence-corrected chi connectivity index (χ0v) is 13.8. The van der Waals surface area contributed by atoms with Crippen molar-refractivity contribution in [3.05, 3.63) is 0 Å². The van der Waals surface area contributed by atoms with E-state index in [2.05, 4.69) is 29.8 Å². The number of carbonyl (C=O) groups excluding carboxylic acids is 1. The van der Waals surface area contributed by atoms with Gasteiger partial charge in [0.05, 0.1) is 12.7 Å². The van der Waals surface area contributed by atoms with Crippen LogP contribution in [0.5, 0.6) is 0 Å². The molecule has 5 heteroatoms. The summed E-state index contributed by atoms with van der Waals surface area (Å²) in [6.45, 7) is 12.7. The molecule has 1 amide bonds. The summed E-state index contributed by atoms with van der Waals surface area (Å²) in [5.74, 6) is -0.0694. The maximum absolute atomic E-state index is 10.7. The van der Waals surface area contributed by atoms with E-state index in [1.807, 2.05) is 13.8 Å². The van der Waals surface area contributed by atoms with E-state index >= 15 is 0 Å². The van der Waals surface area contributed by atoms with E-state index in [0.29, 0.717) is 0 Å². The Labute approximate surface area is 120 Å². The van der Waals surface area contributed by atoms with Crippen LogP contribution < -0.4 is 21.7 Å². The van der Waals surface area contributed by atoms with Gasteiger partial charge in [-0.1, -0.05) is 34.1 Å². The molecule has 0 aromatic rings. The molecule has 5 N–H and O–H groups in total. The Morgan fingerprint density at radius 2 is 1.68 bits per heavy atom. The highest BCUT2D eigenvalue weighted by Crippen LogP contribution is 1.90. The first kappa shape index (κ1) is 23.4. The smallest absolute Gasteiger partial charge is 0.237 e. The average Bonchev–Trinajstić information content (AvgIpc) is 3.00. The van der Waals surface area contributed by atoms with Gasteiger partial charge in [-0.2, -0.15) is 0 Å². The predicted molar refractivity (Wildman–Crippen MR) is 85.1 cm³/mol. The largest absolute Gasteiger partial charge is 0.342 e. The van der Waals surface area contributed by atoms with Crippen LogP contribution in [0.15, 0.2) is 0 Å². The van der Waals surface area contributed by atoms with Gasteiger partial charge in [0.2, 0.25) is 5.91 Å². The standard InChI is InChI=1S/C5H13N3O.C4H9N.C3H8.C2H6/c1-4(7-2)5(9)8-3-6;1-2-4-5-3-1;1-3-2;1-2/h4,7H,3,6H2,1-2H3,(H,8,9);5H,1-4H2;3H2,1-2H3;1-2H3/t4-;;;/m0.../s1. The highest BCUT2D eigenvalue weighted by atomic mass is 16.2. The molecule has 0 unspecified atom stereocenters. The van der Waals surface area contributed by atoms with Gasteiger partial charge in [-0.25, -0.2) is 0 Å². The zero-order valence-electron chi connectivity index (χ0n) is 13.8. The van der Waals surface area contributed by atoms with Gasteiger partial charge in [-0.05, 0) is 39.9 Å². The van der Waals surface area contributed by atoms with Gasteiger partial charge in [0.25, 0.3) is 0 Å². The summed E-state index contributed by atoms with van der Waals surface area (Å²) in [6, 6.07) is -0.159. The van der Waals surface area contributed by atoms with Crippen molar-refractivity contribution in [2.45, 2.75) is 59.9 Å². The lowest BCUT2D eigenvalue weighted by Crippen LogP contribution is -2.42. The molecule has 1 fully saturated rings. The first-order valence-electron chi connectivity index (χ1n) is 7.49. The minimum absolute atomic E-state index is 0.0694. The van der Waals surface area contributed by atoms with E-state index < -0.39 is 0 Å². The first-order chi connectivity index (χ1) is 9.13. The Balaban J connectivity index is -0.000000215. The first-order valence-corrected chi connectivity index (χ1v) is 7.49. The Morgan fingerprint density at radius 1 is 1.26 bits per heavy atom. The molecule has 19 heavy (non-hydrogen) atoms. The van der Waals surface area contributed by atoms with Gasteiger partial charge in [-0.3, -0.25) is 4.79 Å².